The summed E-state index contributed by atoms with van der Waals surface area (Å²) in [5.41, 5.74) is 7.23. The highest BCUT2D eigenvalue weighted by Gasteiger charge is 2.32. The third-order valence-corrected chi connectivity index (χ3v) is 5.58. The molecule has 0 bridgehead atoms. The summed E-state index contributed by atoms with van der Waals surface area (Å²) >= 11 is 0. The van der Waals surface area contributed by atoms with E-state index in [0.29, 0.717) is 31.1 Å². The molecule has 0 atom stereocenters. The molecule has 1 fully saturated rings. The molecule has 2 aliphatic heterocycles. The first-order valence-corrected chi connectivity index (χ1v) is 8.08. The van der Waals surface area contributed by atoms with E-state index in [-0.39, 0.29) is 4.90 Å². The number of rotatable bonds is 2. The zero-order valence-corrected chi connectivity index (χ0v) is 11.6. The maximum Gasteiger partial charge on any atom is 0.246 e. The first-order chi connectivity index (χ1) is 9.09. The second-order valence-electron chi connectivity index (χ2n) is 5.07. The van der Waals surface area contributed by atoms with Gasteiger partial charge in [0, 0.05) is 18.8 Å². The second kappa shape index (κ2) is 4.68. The van der Waals surface area contributed by atoms with E-state index in [1.165, 1.54) is 10.4 Å². The maximum absolute atomic E-state index is 12.6. The summed E-state index contributed by atoms with van der Waals surface area (Å²) in [6, 6.07) is 3.34. The number of nitrogens with two attached hydrogens (primary N) is 1. The second-order valence-corrected chi connectivity index (χ2v) is 6.98. The normalized spacial score (nSPS) is 20.0. The average molecular weight is 282 g/mol. The van der Waals surface area contributed by atoms with Gasteiger partial charge in [-0.05, 0) is 43.4 Å². The Balaban J connectivity index is 2.11. The Labute approximate surface area is 113 Å². The van der Waals surface area contributed by atoms with Crippen LogP contribution in [0.4, 0.5) is 5.69 Å². The lowest BCUT2D eigenvalue weighted by Gasteiger charge is -2.23. The molecule has 0 saturated carbocycles. The Kier molecular flexibility index (Phi) is 3.14. The molecule has 2 heterocycles. The first kappa shape index (κ1) is 12.7. The number of nitrogen functional groups attached to an aromatic ring is 1. The number of sulfonamides is 1. The molecule has 1 saturated heterocycles. The highest BCUT2D eigenvalue weighted by molar-refractivity contribution is 7.89. The molecule has 3 rings (SSSR count). The summed E-state index contributed by atoms with van der Waals surface area (Å²) < 4.78 is 32.4. The number of benzene rings is 1. The molecule has 0 amide bonds. The standard InChI is InChI=1S/C13H18N2O3S/c14-11-8-10-4-3-7-18-13(10)12(9-11)19(16,17)15-5-1-2-6-15/h8-9H,1-7,14H2. The van der Waals surface area contributed by atoms with Crippen LogP contribution in [0.15, 0.2) is 17.0 Å². The number of fused-ring (bicyclic) bond motifs is 1. The van der Waals surface area contributed by atoms with Crippen molar-refractivity contribution >= 4 is 15.7 Å². The average Bonchev–Trinajstić information content (AvgIpc) is 2.92. The third-order valence-electron chi connectivity index (χ3n) is 3.67. The van der Waals surface area contributed by atoms with Crippen LogP contribution in [0.5, 0.6) is 5.75 Å². The molecule has 0 radical (unpaired) electrons. The lowest BCUT2D eigenvalue weighted by molar-refractivity contribution is 0.279. The van der Waals surface area contributed by atoms with Gasteiger partial charge in [-0.3, -0.25) is 0 Å². The quantitative estimate of drug-likeness (QED) is 0.832. The highest BCUT2D eigenvalue weighted by atomic mass is 32.2. The number of hydrogen-bond acceptors (Lipinski definition) is 4. The molecule has 1 aromatic rings. The van der Waals surface area contributed by atoms with E-state index < -0.39 is 10.0 Å². The van der Waals surface area contributed by atoms with Crippen LogP contribution in [0.25, 0.3) is 0 Å². The minimum atomic E-state index is -3.47. The van der Waals surface area contributed by atoms with Gasteiger partial charge in [0.05, 0.1) is 6.61 Å². The van der Waals surface area contributed by atoms with E-state index in [0.717, 1.165) is 31.2 Å². The van der Waals surface area contributed by atoms with Crippen LogP contribution >= 0.6 is 0 Å². The van der Waals surface area contributed by atoms with Gasteiger partial charge in [-0.2, -0.15) is 4.31 Å². The molecule has 104 valence electrons. The summed E-state index contributed by atoms with van der Waals surface area (Å²) in [6.45, 7) is 1.75. The Morgan fingerprint density at radius 2 is 1.89 bits per heavy atom. The molecule has 0 spiro atoms. The first-order valence-electron chi connectivity index (χ1n) is 6.64. The smallest absolute Gasteiger partial charge is 0.246 e. The van der Waals surface area contributed by atoms with Gasteiger partial charge in [0.15, 0.2) is 0 Å². The number of aryl methyl sites for hydroxylation is 1. The van der Waals surface area contributed by atoms with E-state index in [1.807, 2.05) is 6.07 Å². The fourth-order valence-electron chi connectivity index (χ4n) is 2.73. The number of hydrogen-bond donors (Lipinski definition) is 1. The van der Waals surface area contributed by atoms with Crippen molar-refractivity contribution in [3.8, 4) is 5.75 Å². The predicted octanol–water partition coefficient (Wildman–Crippen LogP) is 1.38. The zero-order valence-electron chi connectivity index (χ0n) is 10.8. The van der Waals surface area contributed by atoms with E-state index in [2.05, 4.69) is 0 Å². The van der Waals surface area contributed by atoms with Crippen LogP contribution in [0.1, 0.15) is 24.8 Å². The largest absolute Gasteiger partial charge is 0.492 e. The minimum Gasteiger partial charge on any atom is -0.492 e. The van der Waals surface area contributed by atoms with Gasteiger partial charge in [-0.25, -0.2) is 8.42 Å². The van der Waals surface area contributed by atoms with Crippen molar-refractivity contribution < 1.29 is 13.2 Å². The highest BCUT2D eigenvalue weighted by Crippen LogP contribution is 2.36. The van der Waals surface area contributed by atoms with Gasteiger partial charge in [-0.15, -0.1) is 0 Å². The fourth-order valence-corrected chi connectivity index (χ4v) is 4.46. The summed E-state index contributed by atoms with van der Waals surface area (Å²) in [7, 11) is -3.47. The topological polar surface area (TPSA) is 72.6 Å². The summed E-state index contributed by atoms with van der Waals surface area (Å²) in [5, 5.41) is 0. The zero-order chi connectivity index (χ0) is 13.5. The van der Waals surface area contributed by atoms with E-state index in [4.69, 9.17) is 10.5 Å². The molecule has 1 aromatic carbocycles. The van der Waals surface area contributed by atoms with Crippen molar-refractivity contribution in [2.24, 2.45) is 0 Å². The van der Waals surface area contributed by atoms with Gasteiger partial charge < -0.3 is 10.5 Å². The molecular weight excluding hydrogens is 264 g/mol. The number of nitrogens with zero attached hydrogens (tertiary/aromatic N) is 1. The van der Waals surface area contributed by atoms with Gasteiger partial charge >= 0.3 is 0 Å². The van der Waals surface area contributed by atoms with Gasteiger partial charge in [0.1, 0.15) is 10.6 Å². The Bertz CT molecular complexity index is 592. The van der Waals surface area contributed by atoms with Crippen molar-refractivity contribution in [1.82, 2.24) is 4.31 Å². The molecule has 19 heavy (non-hydrogen) atoms. The molecule has 2 aliphatic rings. The third kappa shape index (κ3) is 2.19. The van der Waals surface area contributed by atoms with Gasteiger partial charge in [-0.1, -0.05) is 0 Å². The maximum atomic E-state index is 12.6. The lowest BCUT2D eigenvalue weighted by atomic mass is 10.1. The molecule has 0 aromatic heterocycles. The van der Waals surface area contributed by atoms with Crippen LogP contribution in [0, 0.1) is 0 Å². The van der Waals surface area contributed by atoms with Crippen LogP contribution < -0.4 is 10.5 Å². The molecule has 6 heteroatoms. The monoisotopic (exact) mass is 282 g/mol. The molecular formula is C13H18N2O3S. The molecule has 0 aliphatic carbocycles. The fraction of sp³-hybridized carbons (Fsp3) is 0.538. The van der Waals surface area contributed by atoms with Crippen LogP contribution in [-0.2, 0) is 16.4 Å². The van der Waals surface area contributed by atoms with Crippen molar-refractivity contribution in [3.63, 3.8) is 0 Å². The number of anilines is 1. The minimum absolute atomic E-state index is 0.240. The summed E-state index contributed by atoms with van der Waals surface area (Å²) in [5.74, 6) is 0.507. The Morgan fingerprint density at radius 1 is 1.16 bits per heavy atom. The molecule has 5 nitrogen and oxygen atoms in total. The van der Waals surface area contributed by atoms with E-state index in [9.17, 15) is 8.42 Å². The van der Waals surface area contributed by atoms with E-state index in [1.54, 1.807) is 0 Å². The summed E-state index contributed by atoms with van der Waals surface area (Å²) in [4.78, 5) is 0.240. The van der Waals surface area contributed by atoms with Crippen LogP contribution in [-0.4, -0.2) is 32.4 Å². The number of ether oxygens (including phenoxy) is 1. The lowest BCUT2D eigenvalue weighted by Crippen LogP contribution is -2.29. The van der Waals surface area contributed by atoms with Crippen LogP contribution in [0.3, 0.4) is 0 Å². The van der Waals surface area contributed by atoms with Crippen molar-refractivity contribution in [2.45, 2.75) is 30.6 Å². The van der Waals surface area contributed by atoms with Gasteiger partial charge in [0.2, 0.25) is 10.0 Å². The Hall–Kier alpha value is -1.27. The molecule has 0 unspecified atom stereocenters. The van der Waals surface area contributed by atoms with Crippen molar-refractivity contribution in [1.29, 1.82) is 0 Å². The van der Waals surface area contributed by atoms with E-state index >= 15 is 0 Å². The van der Waals surface area contributed by atoms with Crippen molar-refractivity contribution in [2.75, 3.05) is 25.4 Å². The Morgan fingerprint density at radius 3 is 2.63 bits per heavy atom. The van der Waals surface area contributed by atoms with Crippen molar-refractivity contribution in [3.05, 3.63) is 17.7 Å². The summed E-state index contributed by atoms with van der Waals surface area (Å²) in [6.07, 6.45) is 3.57. The SMILES string of the molecule is Nc1cc2c(c(S(=O)(=O)N3CCCC3)c1)OCCC2. The predicted molar refractivity (Wildman–Crippen MR) is 72.7 cm³/mol. The van der Waals surface area contributed by atoms with Gasteiger partial charge in [0.25, 0.3) is 0 Å². The molecule has 2 N–H and O–H groups in total. The van der Waals surface area contributed by atoms with Crippen LogP contribution in [0.2, 0.25) is 0 Å².